The van der Waals surface area contributed by atoms with Gasteiger partial charge in [0.05, 0.1) is 6.61 Å². The first-order chi connectivity index (χ1) is 9.36. The van der Waals surface area contributed by atoms with E-state index in [1.165, 1.54) is 19.8 Å². The number of esters is 1. The molecule has 0 saturated carbocycles. The second-order valence-electron chi connectivity index (χ2n) is 4.64. The van der Waals surface area contributed by atoms with E-state index in [9.17, 15) is 9.59 Å². The maximum atomic E-state index is 11.2. The third kappa shape index (κ3) is 14.5. The average molecular weight is 284 g/mol. The molecule has 0 aliphatic carbocycles. The Kier molecular flexibility index (Phi) is 14.3. The molecule has 0 unspecified atom stereocenters. The molecule has 0 rings (SSSR count). The van der Waals surface area contributed by atoms with Crippen molar-refractivity contribution in [2.75, 3.05) is 6.61 Å². The van der Waals surface area contributed by atoms with Crippen LogP contribution in [-0.2, 0) is 14.3 Å². The molecule has 0 atom stereocenters. The van der Waals surface area contributed by atoms with E-state index in [1.807, 2.05) is 6.92 Å². The molecule has 0 aliphatic rings. The first kappa shape index (κ1) is 20.7. The largest absolute Gasteiger partial charge is 0.478 e. The number of hydrogen-bond acceptors (Lipinski definition) is 3. The summed E-state index contributed by atoms with van der Waals surface area (Å²) >= 11 is 0. The number of carbonyl (C=O) groups excluding carboxylic acids is 1. The smallest absolute Gasteiger partial charge is 0.333 e. The van der Waals surface area contributed by atoms with Crippen LogP contribution in [0.5, 0.6) is 0 Å². The van der Waals surface area contributed by atoms with E-state index in [0.717, 1.165) is 25.7 Å². The van der Waals surface area contributed by atoms with Crippen LogP contribution in [0.1, 0.15) is 59.3 Å². The molecule has 0 aromatic heterocycles. The van der Waals surface area contributed by atoms with Gasteiger partial charge in [0.2, 0.25) is 0 Å². The Labute approximate surface area is 122 Å². The van der Waals surface area contributed by atoms with Crippen LogP contribution in [0.2, 0.25) is 0 Å². The Morgan fingerprint density at radius 3 is 2.00 bits per heavy atom. The topological polar surface area (TPSA) is 63.6 Å². The van der Waals surface area contributed by atoms with E-state index >= 15 is 0 Å². The number of aliphatic carboxylic acids is 1. The SMILES string of the molecule is C=C(C)C(=O)O.C=C(CCC)C(=O)OCCCCCC. The molecule has 0 radical (unpaired) electrons. The lowest BCUT2D eigenvalue weighted by atomic mass is 10.2. The Balaban J connectivity index is 0. The number of hydrogen-bond donors (Lipinski definition) is 1. The van der Waals surface area contributed by atoms with Gasteiger partial charge in [-0.1, -0.05) is 52.7 Å². The summed E-state index contributed by atoms with van der Waals surface area (Å²) in [4.78, 5) is 20.8. The summed E-state index contributed by atoms with van der Waals surface area (Å²) in [5.74, 6) is -1.15. The van der Waals surface area contributed by atoms with Gasteiger partial charge in [0.15, 0.2) is 0 Å². The molecule has 1 N–H and O–H groups in total. The predicted molar refractivity (Wildman–Crippen MR) is 81.6 cm³/mol. The minimum atomic E-state index is -0.935. The maximum Gasteiger partial charge on any atom is 0.333 e. The lowest BCUT2D eigenvalue weighted by Crippen LogP contribution is -2.08. The van der Waals surface area contributed by atoms with Gasteiger partial charge in [0.1, 0.15) is 0 Å². The summed E-state index contributed by atoms with van der Waals surface area (Å²) < 4.78 is 5.06. The standard InChI is InChI=1S/C12H22O2.C4H6O2/c1-4-6-7-8-10-14-12(13)11(3)9-5-2;1-3(2)4(5)6/h3-10H2,1-2H3;1H2,2H3,(H,5,6). The van der Waals surface area contributed by atoms with Crippen LogP contribution < -0.4 is 0 Å². The predicted octanol–water partition coefficient (Wildman–Crippen LogP) is 4.11. The molecule has 0 fully saturated rings. The molecule has 20 heavy (non-hydrogen) atoms. The fourth-order valence-corrected chi connectivity index (χ4v) is 1.20. The second-order valence-corrected chi connectivity index (χ2v) is 4.64. The number of ether oxygens (including phenoxy) is 1. The van der Waals surface area contributed by atoms with Crippen molar-refractivity contribution < 1.29 is 19.4 Å². The molecular formula is C16H28O4. The highest BCUT2D eigenvalue weighted by molar-refractivity contribution is 5.87. The highest BCUT2D eigenvalue weighted by Crippen LogP contribution is 2.05. The summed E-state index contributed by atoms with van der Waals surface area (Å²) in [6, 6.07) is 0. The van der Waals surface area contributed by atoms with Gasteiger partial charge in [0.25, 0.3) is 0 Å². The van der Waals surface area contributed by atoms with Gasteiger partial charge in [-0.25, -0.2) is 9.59 Å². The van der Waals surface area contributed by atoms with E-state index in [0.29, 0.717) is 12.2 Å². The Morgan fingerprint density at radius 2 is 1.60 bits per heavy atom. The van der Waals surface area contributed by atoms with Crippen LogP contribution in [0, 0.1) is 0 Å². The van der Waals surface area contributed by atoms with Crippen molar-refractivity contribution >= 4 is 11.9 Å². The van der Waals surface area contributed by atoms with Crippen LogP contribution in [0.25, 0.3) is 0 Å². The highest BCUT2D eigenvalue weighted by Gasteiger charge is 2.06. The van der Waals surface area contributed by atoms with E-state index in [1.54, 1.807) is 0 Å². The van der Waals surface area contributed by atoms with E-state index in [-0.39, 0.29) is 11.5 Å². The molecule has 0 aromatic carbocycles. The Hall–Kier alpha value is -1.58. The van der Waals surface area contributed by atoms with Crippen molar-refractivity contribution in [2.24, 2.45) is 0 Å². The van der Waals surface area contributed by atoms with Crippen molar-refractivity contribution in [2.45, 2.75) is 59.3 Å². The summed E-state index contributed by atoms with van der Waals surface area (Å²) in [6.07, 6.45) is 6.23. The van der Waals surface area contributed by atoms with Crippen LogP contribution in [0.15, 0.2) is 24.3 Å². The normalized spacial score (nSPS) is 9.15. The second kappa shape index (κ2) is 13.8. The van der Waals surface area contributed by atoms with Crippen molar-refractivity contribution in [1.82, 2.24) is 0 Å². The van der Waals surface area contributed by atoms with Crippen LogP contribution in [0.4, 0.5) is 0 Å². The number of carboxylic acids is 1. The molecule has 0 spiro atoms. The quantitative estimate of drug-likeness (QED) is 0.393. The zero-order chi connectivity index (χ0) is 16.0. The number of carboxylic acid groups (broad SMARTS) is 1. The lowest BCUT2D eigenvalue weighted by Gasteiger charge is -2.05. The van der Waals surface area contributed by atoms with Gasteiger partial charge in [-0.15, -0.1) is 0 Å². The summed E-state index contributed by atoms with van der Waals surface area (Å²) in [7, 11) is 0. The number of rotatable bonds is 9. The Bertz CT molecular complexity index is 306. The molecule has 4 heteroatoms. The van der Waals surface area contributed by atoms with Gasteiger partial charge in [0, 0.05) is 11.1 Å². The molecule has 0 bridgehead atoms. The monoisotopic (exact) mass is 284 g/mol. The lowest BCUT2D eigenvalue weighted by molar-refractivity contribution is -0.139. The zero-order valence-corrected chi connectivity index (χ0v) is 13.0. The zero-order valence-electron chi connectivity index (χ0n) is 13.0. The third-order valence-electron chi connectivity index (χ3n) is 2.44. The Morgan fingerprint density at radius 1 is 1.05 bits per heavy atom. The number of carbonyl (C=O) groups is 2. The maximum absolute atomic E-state index is 11.2. The first-order valence-corrected chi connectivity index (χ1v) is 7.10. The van der Waals surface area contributed by atoms with Crippen LogP contribution >= 0.6 is 0 Å². The average Bonchev–Trinajstić information content (AvgIpc) is 2.39. The molecule has 0 heterocycles. The first-order valence-electron chi connectivity index (χ1n) is 7.10. The van der Waals surface area contributed by atoms with Crippen LogP contribution in [0.3, 0.4) is 0 Å². The van der Waals surface area contributed by atoms with Crippen molar-refractivity contribution in [3.8, 4) is 0 Å². The molecule has 0 saturated heterocycles. The molecule has 4 nitrogen and oxygen atoms in total. The molecule has 0 aliphatic heterocycles. The molecule has 116 valence electrons. The van der Waals surface area contributed by atoms with E-state index in [2.05, 4.69) is 20.1 Å². The van der Waals surface area contributed by atoms with Gasteiger partial charge < -0.3 is 9.84 Å². The fourth-order valence-electron chi connectivity index (χ4n) is 1.20. The van der Waals surface area contributed by atoms with Gasteiger partial charge >= 0.3 is 11.9 Å². The highest BCUT2D eigenvalue weighted by atomic mass is 16.5. The third-order valence-corrected chi connectivity index (χ3v) is 2.44. The molecular weight excluding hydrogens is 256 g/mol. The van der Waals surface area contributed by atoms with Crippen molar-refractivity contribution in [3.05, 3.63) is 24.3 Å². The summed E-state index contributed by atoms with van der Waals surface area (Å²) in [5.41, 5.74) is 0.776. The van der Waals surface area contributed by atoms with E-state index < -0.39 is 5.97 Å². The number of unbranched alkanes of at least 4 members (excludes halogenated alkanes) is 3. The minimum absolute atomic E-state index is 0.176. The molecule has 0 amide bonds. The molecule has 0 aromatic rings. The van der Waals surface area contributed by atoms with Gasteiger partial charge in [-0.3, -0.25) is 0 Å². The van der Waals surface area contributed by atoms with Crippen LogP contribution in [-0.4, -0.2) is 23.7 Å². The van der Waals surface area contributed by atoms with Crippen molar-refractivity contribution in [3.63, 3.8) is 0 Å². The summed E-state index contributed by atoms with van der Waals surface area (Å²) in [6.45, 7) is 13.0. The van der Waals surface area contributed by atoms with E-state index in [4.69, 9.17) is 9.84 Å². The van der Waals surface area contributed by atoms with Crippen molar-refractivity contribution in [1.29, 1.82) is 0 Å². The van der Waals surface area contributed by atoms with Gasteiger partial charge in [-0.2, -0.15) is 0 Å². The van der Waals surface area contributed by atoms with Gasteiger partial charge in [-0.05, 0) is 19.8 Å². The minimum Gasteiger partial charge on any atom is -0.478 e. The summed E-state index contributed by atoms with van der Waals surface area (Å²) in [5, 5.41) is 7.89. The fraction of sp³-hybridized carbons (Fsp3) is 0.625.